The van der Waals surface area contributed by atoms with Gasteiger partial charge in [-0.2, -0.15) is 0 Å². The van der Waals surface area contributed by atoms with Crippen LogP contribution in [0.4, 0.5) is 0 Å². The van der Waals surface area contributed by atoms with E-state index in [1.54, 1.807) is 5.57 Å². The van der Waals surface area contributed by atoms with Crippen LogP contribution in [0.3, 0.4) is 0 Å². The predicted octanol–water partition coefficient (Wildman–Crippen LogP) is 6.90. The molecule has 0 amide bonds. The van der Waals surface area contributed by atoms with Crippen molar-refractivity contribution in [3.05, 3.63) is 22.5 Å². The molecule has 0 nitrogen and oxygen atoms in total. The lowest BCUT2D eigenvalue weighted by atomic mass is 10.0. The van der Waals surface area contributed by atoms with Crippen LogP contribution >= 0.6 is 0 Å². The summed E-state index contributed by atoms with van der Waals surface area (Å²) in [6.45, 7) is 6.97. The molecule has 1 heteroatoms. The third kappa shape index (κ3) is 7.49. The lowest BCUT2D eigenvalue weighted by Gasteiger charge is -2.14. The summed E-state index contributed by atoms with van der Waals surface area (Å²) in [7, 11) is -0.674. The topological polar surface area (TPSA) is 0 Å². The standard InChI is InChI=1S/C20H38Si/c1-4-7-10-11-12-13-14-19-16-18-21(17-9-6-3)20(19)15-8-5-2/h16,18,21H,4-15,17H2,1-3H3. The first-order valence-corrected chi connectivity index (χ1v) is 11.8. The van der Waals surface area contributed by atoms with E-state index in [4.69, 9.17) is 0 Å². The van der Waals surface area contributed by atoms with Gasteiger partial charge in [-0.15, -0.1) is 0 Å². The van der Waals surface area contributed by atoms with Crippen molar-refractivity contribution in [3.63, 3.8) is 0 Å². The molecule has 0 saturated heterocycles. The monoisotopic (exact) mass is 306 g/mol. The van der Waals surface area contributed by atoms with Crippen LogP contribution in [0, 0.1) is 0 Å². The van der Waals surface area contributed by atoms with E-state index in [-0.39, 0.29) is 0 Å². The molecule has 1 aliphatic heterocycles. The van der Waals surface area contributed by atoms with Crippen LogP contribution in [0.2, 0.25) is 6.04 Å². The van der Waals surface area contributed by atoms with Crippen molar-refractivity contribution < 1.29 is 0 Å². The third-order valence-electron chi connectivity index (χ3n) is 4.86. The third-order valence-corrected chi connectivity index (χ3v) is 8.10. The van der Waals surface area contributed by atoms with Crippen molar-refractivity contribution in [2.75, 3.05) is 0 Å². The van der Waals surface area contributed by atoms with Gasteiger partial charge in [0.2, 0.25) is 0 Å². The van der Waals surface area contributed by atoms with Crippen molar-refractivity contribution in [2.24, 2.45) is 0 Å². The van der Waals surface area contributed by atoms with Crippen molar-refractivity contribution in [2.45, 2.75) is 104 Å². The van der Waals surface area contributed by atoms with Crippen LogP contribution in [0.5, 0.6) is 0 Å². The van der Waals surface area contributed by atoms with Crippen LogP contribution in [-0.4, -0.2) is 8.80 Å². The molecule has 1 rings (SSSR count). The fourth-order valence-corrected chi connectivity index (χ4v) is 6.82. The maximum absolute atomic E-state index is 2.65. The second-order valence-corrected chi connectivity index (χ2v) is 9.65. The zero-order chi connectivity index (χ0) is 15.3. The maximum atomic E-state index is 2.65. The van der Waals surface area contributed by atoms with Crippen molar-refractivity contribution >= 4 is 8.80 Å². The zero-order valence-corrected chi connectivity index (χ0v) is 16.1. The largest absolute Gasteiger partial charge is 0.0929 e. The number of hydrogen-bond donors (Lipinski definition) is 0. The Kier molecular flexibility index (Phi) is 10.9. The quantitative estimate of drug-likeness (QED) is 0.256. The van der Waals surface area contributed by atoms with Crippen LogP contribution < -0.4 is 0 Å². The average Bonchev–Trinajstić information content (AvgIpc) is 2.88. The fraction of sp³-hybridized carbons (Fsp3) is 0.800. The molecule has 0 aromatic heterocycles. The molecule has 0 aromatic carbocycles. The second-order valence-electron chi connectivity index (χ2n) is 6.78. The van der Waals surface area contributed by atoms with Gasteiger partial charge in [0.25, 0.3) is 0 Å². The van der Waals surface area contributed by atoms with Gasteiger partial charge in [0.15, 0.2) is 0 Å². The van der Waals surface area contributed by atoms with E-state index in [1.165, 1.54) is 83.1 Å². The number of allylic oxidation sites excluding steroid dienone is 3. The number of unbranched alkanes of at least 4 members (excludes halogenated alkanes) is 7. The molecule has 1 atom stereocenters. The Bertz CT molecular complexity index is 314. The smallest absolute Gasteiger partial charge is 0.0892 e. The van der Waals surface area contributed by atoms with Gasteiger partial charge in [0.1, 0.15) is 0 Å². The van der Waals surface area contributed by atoms with E-state index < -0.39 is 8.80 Å². The highest BCUT2D eigenvalue weighted by Gasteiger charge is 2.20. The minimum atomic E-state index is -0.674. The Morgan fingerprint density at radius 3 is 2.10 bits per heavy atom. The number of hydrogen-bond acceptors (Lipinski definition) is 0. The highest BCUT2D eigenvalue weighted by Crippen LogP contribution is 2.30. The van der Waals surface area contributed by atoms with Gasteiger partial charge in [-0.05, 0) is 19.3 Å². The highest BCUT2D eigenvalue weighted by atomic mass is 28.3. The molecule has 0 aromatic rings. The van der Waals surface area contributed by atoms with Crippen molar-refractivity contribution in [3.8, 4) is 0 Å². The first-order valence-electron chi connectivity index (χ1n) is 9.73. The zero-order valence-electron chi connectivity index (χ0n) is 14.9. The Morgan fingerprint density at radius 1 is 0.714 bits per heavy atom. The summed E-state index contributed by atoms with van der Waals surface area (Å²) in [4.78, 5) is 0. The molecule has 1 aliphatic rings. The summed E-state index contributed by atoms with van der Waals surface area (Å²) in [5, 5.41) is 1.94. The Balaban J connectivity index is 2.39. The van der Waals surface area contributed by atoms with E-state index in [2.05, 4.69) is 32.5 Å². The molecule has 0 aliphatic carbocycles. The molecule has 0 spiro atoms. The Labute approximate surface area is 135 Å². The van der Waals surface area contributed by atoms with E-state index in [0.29, 0.717) is 0 Å². The van der Waals surface area contributed by atoms with Gasteiger partial charge in [-0.3, -0.25) is 0 Å². The first kappa shape index (κ1) is 18.7. The summed E-state index contributed by atoms with van der Waals surface area (Å²) in [6, 6.07) is 1.52. The minimum Gasteiger partial charge on any atom is -0.0929 e. The van der Waals surface area contributed by atoms with E-state index >= 15 is 0 Å². The molecule has 1 unspecified atom stereocenters. The molecule has 0 bridgehead atoms. The normalized spacial score (nSPS) is 18.0. The van der Waals surface area contributed by atoms with E-state index in [9.17, 15) is 0 Å². The van der Waals surface area contributed by atoms with Crippen LogP contribution in [0.1, 0.15) is 97.8 Å². The molecule has 0 radical (unpaired) electrons. The summed E-state index contributed by atoms with van der Waals surface area (Å²) in [5.41, 5.74) is 4.42. The Hall–Kier alpha value is -0.303. The molecule has 122 valence electrons. The van der Waals surface area contributed by atoms with Gasteiger partial charge in [0, 0.05) is 0 Å². The first-order chi connectivity index (χ1) is 10.3. The van der Waals surface area contributed by atoms with Gasteiger partial charge in [-0.25, -0.2) is 0 Å². The van der Waals surface area contributed by atoms with Crippen LogP contribution in [0.15, 0.2) is 22.5 Å². The van der Waals surface area contributed by atoms with Crippen LogP contribution in [-0.2, 0) is 0 Å². The van der Waals surface area contributed by atoms with Crippen molar-refractivity contribution in [1.29, 1.82) is 0 Å². The lowest BCUT2D eigenvalue weighted by molar-refractivity contribution is 0.607. The predicted molar refractivity (Wildman–Crippen MR) is 101 cm³/mol. The van der Waals surface area contributed by atoms with E-state index in [0.717, 1.165) is 0 Å². The van der Waals surface area contributed by atoms with Gasteiger partial charge < -0.3 is 0 Å². The van der Waals surface area contributed by atoms with Gasteiger partial charge >= 0.3 is 0 Å². The Morgan fingerprint density at radius 2 is 1.38 bits per heavy atom. The van der Waals surface area contributed by atoms with E-state index in [1.807, 2.05) is 5.20 Å². The minimum absolute atomic E-state index is 0.674. The number of rotatable bonds is 13. The van der Waals surface area contributed by atoms with Gasteiger partial charge in [0.05, 0.1) is 8.80 Å². The molecule has 1 heterocycles. The molecule has 0 N–H and O–H groups in total. The fourth-order valence-electron chi connectivity index (χ4n) is 3.44. The average molecular weight is 307 g/mol. The molecule has 0 saturated carbocycles. The summed E-state index contributed by atoms with van der Waals surface area (Å²) >= 11 is 0. The summed E-state index contributed by atoms with van der Waals surface area (Å²) in [5.74, 6) is 0. The SMILES string of the molecule is CCCCCCCCC1=C(CCCC)[SiH](CCCC)C=C1. The molecule has 0 fully saturated rings. The molecular weight excluding hydrogens is 268 g/mol. The lowest BCUT2D eigenvalue weighted by Crippen LogP contribution is -2.12. The van der Waals surface area contributed by atoms with Gasteiger partial charge in [-0.1, -0.05) is 107 Å². The second kappa shape index (κ2) is 12.3. The maximum Gasteiger partial charge on any atom is 0.0892 e. The summed E-state index contributed by atoms with van der Waals surface area (Å²) < 4.78 is 0. The highest BCUT2D eigenvalue weighted by molar-refractivity contribution is 6.73. The molecule has 21 heavy (non-hydrogen) atoms. The van der Waals surface area contributed by atoms with Crippen LogP contribution in [0.25, 0.3) is 0 Å². The summed E-state index contributed by atoms with van der Waals surface area (Å²) in [6.07, 6.45) is 19.4. The molecular formula is C20H38Si. The van der Waals surface area contributed by atoms with Crippen molar-refractivity contribution in [1.82, 2.24) is 0 Å².